The van der Waals surface area contributed by atoms with Crippen molar-refractivity contribution in [3.63, 3.8) is 0 Å². The highest BCUT2D eigenvalue weighted by Gasteiger charge is 1.96. The largest absolute Gasteiger partial charge is 0.394 e. The van der Waals surface area contributed by atoms with Crippen molar-refractivity contribution < 1.29 is 25.2 Å². The molecule has 0 saturated carbocycles. The summed E-state index contributed by atoms with van der Waals surface area (Å²) in [5, 5.41) is 30.9. The molecule has 0 fully saturated rings. The van der Waals surface area contributed by atoms with E-state index in [0.717, 1.165) is 0 Å². The Labute approximate surface area is 59.5 Å². The van der Waals surface area contributed by atoms with E-state index >= 15 is 0 Å². The number of aliphatic hydroxyl groups excluding tert-OH is 3. The number of methoxy groups -OCH3 is 1. The van der Waals surface area contributed by atoms with Gasteiger partial charge in [0.2, 0.25) is 0 Å². The monoisotopic (exact) mass is 154 g/mol. The summed E-state index contributed by atoms with van der Waals surface area (Å²) in [4.78, 5) is 0. The summed E-state index contributed by atoms with van der Waals surface area (Å²) in [6.45, 7) is -0.773. The molecule has 10 heavy (non-hydrogen) atoms. The van der Waals surface area contributed by atoms with Gasteiger partial charge in [-0.2, -0.15) is 0 Å². The Kier molecular flexibility index (Phi) is 14.4. The summed E-state index contributed by atoms with van der Waals surface area (Å²) in [6, 6.07) is 0. The molecule has 0 aliphatic heterocycles. The fourth-order valence-electron chi connectivity index (χ4n) is 0.245. The van der Waals surface area contributed by atoms with E-state index in [2.05, 4.69) is 4.74 Å². The highest BCUT2D eigenvalue weighted by atomic mass is 16.5. The zero-order valence-corrected chi connectivity index (χ0v) is 5.90. The van der Waals surface area contributed by atoms with Gasteiger partial charge in [-0.25, -0.2) is 0 Å². The van der Waals surface area contributed by atoms with Crippen LogP contribution in [0.3, 0.4) is 0 Å². The summed E-state index contributed by atoms with van der Waals surface area (Å²) in [7, 11) is 1.47. The van der Waals surface area contributed by atoms with Gasteiger partial charge in [0.05, 0.1) is 13.2 Å². The third kappa shape index (κ3) is 15.7. The minimum absolute atomic E-state index is 0.205. The lowest BCUT2D eigenvalue weighted by Gasteiger charge is -2.01. The zero-order valence-electron chi connectivity index (χ0n) is 5.90. The molecule has 0 spiro atoms. The Morgan fingerprint density at radius 3 is 1.80 bits per heavy atom. The number of rotatable bonds is 3. The van der Waals surface area contributed by atoms with Crippen molar-refractivity contribution in [2.24, 2.45) is 0 Å². The average molecular weight is 154 g/mol. The van der Waals surface area contributed by atoms with E-state index in [4.69, 9.17) is 20.4 Å². The van der Waals surface area contributed by atoms with Gasteiger partial charge in [-0.3, -0.25) is 0 Å². The fourth-order valence-corrected chi connectivity index (χ4v) is 0.245. The van der Waals surface area contributed by atoms with Crippen LogP contribution in [0, 0.1) is 0 Å². The molecular weight excluding hydrogens is 140 g/mol. The maximum Gasteiger partial charge on any atom is 0.140 e. The van der Waals surface area contributed by atoms with Crippen LogP contribution in [0.2, 0.25) is 0 Å². The Morgan fingerprint density at radius 1 is 1.30 bits per heavy atom. The second kappa shape index (κ2) is 11.6. The van der Waals surface area contributed by atoms with Crippen molar-refractivity contribution >= 4 is 0 Å². The SMILES string of the molecule is COCC(O)CO.OCO. The van der Waals surface area contributed by atoms with Crippen molar-refractivity contribution in [3.8, 4) is 0 Å². The molecule has 0 rings (SSSR count). The van der Waals surface area contributed by atoms with E-state index < -0.39 is 12.9 Å². The van der Waals surface area contributed by atoms with Crippen LogP contribution in [0.25, 0.3) is 0 Å². The lowest BCUT2D eigenvalue weighted by Crippen LogP contribution is -2.17. The first-order valence-electron chi connectivity index (χ1n) is 2.72. The molecular formula is C5H14O5. The lowest BCUT2D eigenvalue weighted by atomic mass is 10.4. The van der Waals surface area contributed by atoms with Gasteiger partial charge < -0.3 is 25.2 Å². The first-order chi connectivity index (χ1) is 4.72. The zero-order chi connectivity index (χ0) is 8.41. The quantitative estimate of drug-likeness (QED) is 0.350. The number of ether oxygens (including phenoxy) is 1. The minimum Gasteiger partial charge on any atom is -0.394 e. The summed E-state index contributed by atoms with van der Waals surface area (Å²) in [5.41, 5.74) is 0. The molecule has 5 heteroatoms. The normalized spacial score (nSPS) is 11.7. The van der Waals surface area contributed by atoms with Crippen molar-refractivity contribution in [1.29, 1.82) is 0 Å². The van der Waals surface area contributed by atoms with Crippen molar-refractivity contribution in [2.45, 2.75) is 6.10 Å². The van der Waals surface area contributed by atoms with Crippen LogP contribution in [0.1, 0.15) is 0 Å². The van der Waals surface area contributed by atoms with E-state index in [1.807, 2.05) is 0 Å². The molecule has 0 saturated heterocycles. The van der Waals surface area contributed by atoms with Gasteiger partial charge in [0.25, 0.3) is 0 Å². The van der Waals surface area contributed by atoms with Gasteiger partial charge in [-0.05, 0) is 0 Å². The molecule has 0 bridgehead atoms. The van der Waals surface area contributed by atoms with Gasteiger partial charge in [0, 0.05) is 7.11 Å². The maximum absolute atomic E-state index is 8.48. The highest BCUT2D eigenvalue weighted by molar-refractivity contribution is 4.46. The molecule has 5 nitrogen and oxygen atoms in total. The fraction of sp³-hybridized carbons (Fsp3) is 1.00. The van der Waals surface area contributed by atoms with Crippen LogP contribution in [0.15, 0.2) is 0 Å². The van der Waals surface area contributed by atoms with Crippen molar-refractivity contribution in [3.05, 3.63) is 0 Å². The Morgan fingerprint density at radius 2 is 1.70 bits per heavy atom. The van der Waals surface area contributed by atoms with Crippen LogP contribution in [-0.4, -0.2) is 53.6 Å². The molecule has 64 valence electrons. The van der Waals surface area contributed by atoms with Gasteiger partial charge in [0.15, 0.2) is 0 Å². The van der Waals surface area contributed by atoms with E-state index in [9.17, 15) is 0 Å². The predicted molar refractivity (Wildman–Crippen MR) is 34.3 cm³/mol. The highest BCUT2D eigenvalue weighted by Crippen LogP contribution is 1.77. The van der Waals surface area contributed by atoms with Crippen molar-refractivity contribution in [2.75, 3.05) is 27.1 Å². The molecule has 0 aliphatic carbocycles. The Hall–Kier alpha value is -0.200. The second-order valence-electron chi connectivity index (χ2n) is 1.43. The molecule has 0 aliphatic rings. The maximum atomic E-state index is 8.48. The molecule has 0 amide bonds. The lowest BCUT2D eigenvalue weighted by molar-refractivity contribution is 0.0254. The molecule has 1 unspecified atom stereocenters. The third-order valence-electron chi connectivity index (χ3n) is 0.570. The van der Waals surface area contributed by atoms with E-state index in [0.29, 0.717) is 0 Å². The smallest absolute Gasteiger partial charge is 0.140 e. The molecule has 1 atom stereocenters. The van der Waals surface area contributed by atoms with Crippen LogP contribution in [-0.2, 0) is 4.74 Å². The molecule has 0 aromatic carbocycles. The molecule has 0 radical (unpaired) electrons. The predicted octanol–water partition coefficient (Wildman–Crippen LogP) is -2.09. The third-order valence-corrected chi connectivity index (χ3v) is 0.570. The molecule has 0 aromatic rings. The molecule has 4 N–H and O–H groups in total. The van der Waals surface area contributed by atoms with Gasteiger partial charge in [-0.1, -0.05) is 0 Å². The first-order valence-corrected chi connectivity index (χ1v) is 2.72. The van der Waals surface area contributed by atoms with E-state index in [1.54, 1.807) is 0 Å². The van der Waals surface area contributed by atoms with Crippen LogP contribution in [0.5, 0.6) is 0 Å². The van der Waals surface area contributed by atoms with Crippen LogP contribution >= 0.6 is 0 Å². The number of hydrogen-bond acceptors (Lipinski definition) is 5. The second-order valence-corrected chi connectivity index (χ2v) is 1.43. The van der Waals surface area contributed by atoms with E-state index in [1.165, 1.54) is 7.11 Å². The summed E-state index contributed by atoms with van der Waals surface area (Å²) < 4.78 is 4.48. The summed E-state index contributed by atoms with van der Waals surface area (Å²) in [5.74, 6) is 0. The topological polar surface area (TPSA) is 90.2 Å². The average Bonchev–Trinajstić information content (AvgIpc) is 1.90. The summed E-state index contributed by atoms with van der Waals surface area (Å²) >= 11 is 0. The Bertz CT molecular complexity index is 49.3. The molecule has 0 heterocycles. The first kappa shape index (κ1) is 12.5. The summed E-state index contributed by atoms with van der Waals surface area (Å²) in [6.07, 6.45) is -0.718. The molecule has 0 aromatic heterocycles. The minimum atomic E-state index is -0.750. The van der Waals surface area contributed by atoms with Gasteiger partial charge in [0.1, 0.15) is 12.9 Å². The number of hydrogen-bond donors (Lipinski definition) is 4. The standard InChI is InChI=1S/C4H10O3.CH4O2/c1-7-3-4(6)2-5;2-1-3/h4-6H,2-3H2,1H3;2-3H,1H2. The van der Waals surface area contributed by atoms with Gasteiger partial charge in [-0.15, -0.1) is 0 Å². The van der Waals surface area contributed by atoms with Crippen LogP contribution in [0.4, 0.5) is 0 Å². The van der Waals surface area contributed by atoms with E-state index in [-0.39, 0.29) is 13.2 Å². The van der Waals surface area contributed by atoms with Crippen LogP contribution < -0.4 is 0 Å². The Balaban J connectivity index is 0. The number of aliphatic hydroxyl groups is 4. The van der Waals surface area contributed by atoms with Gasteiger partial charge >= 0.3 is 0 Å². The van der Waals surface area contributed by atoms with Crippen molar-refractivity contribution in [1.82, 2.24) is 0 Å².